The van der Waals surface area contributed by atoms with E-state index in [4.69, 9.17) is 16.3 Å². The summed E-state index contributed by atoms with van der Waals surface area (Å²) in [6.07, 6.45) is 5.02. The van der Waals surface area contributed by atoms with Crippen molar-refractivity contribution in [1.29, 1.82) is 0 Å². The molecular weight excluding hydrogens is 182 g/mol. The van der Waals surface area contributed by atoms with Gasteiger partial charge < -0.3 is 4.65 Å². The minimum atomic E-state index is 0.380. The summed E-state index contributed by atoms with van der Waals surface area (Å²) in [6.45, 7) is 0.380. The third-order valence-electron chi connectivity index (χ3n) is 3.28. The summed E-state index contributed by atoms with van der Waals surface area (Å²) >= 11 is 5.90. The van der Waals surface area contributed by atoms with Gasteiger partial charge in [0.15, 0.2) is 0 Å². The fourth-order valence-electron chi connectivity index (χ4n) is 2.72. The molecule has 0 aromatic rings. The Bertz CT molecular complexity index is 217. The van der Waals surface area contributed by atoms with Gasteiger partial charge in [0.2, 0.25) is 0 Å². The van der Waals surface area contributed by atoms with Crippen LogP contribution in [0.2, 0.25) is 6.32 Å². The SMILES string of the molecule is COB1C=C2CC(CCl)CC(C1)C2. The van der Waals surface area contributed by atoms with E-state index in [2.05, 4.69) is 5.98 Å². The number of hydrogen-bond donors (Lipinski definition) is 0. The summed E-state index contributed by atoms with van der Waals surface area (Å²) in [7, 11) is 1.81. The van der Waals surface area contributed by atoms with Crippen molar-refractivity contribution in [3.8, 4) is 0 Å². The minimum absolute atomic E-state index is 0.380. The van der Waals surface area contributed by atoms with Crippen molar-refractivity contribution in [1.82, 2.24) is 0 Å². The van der Waals surface area contributed by atoms with E-state index in [1.165, 1.54) is 25.6 Å². The highest BCUT2D eigenvalue weighted by atomic mass is 35.5. The first-order valence-corrected chi connectivity index (χ1v) is 5.63. The highest BCUT2D eigenvalue weighted by Crippen LogP contribution is 2.39. The van der Waals surface area contributed by atoms with Gasteiger partial charge in [-0.1, -0.05) is 11.5 Å². The highest BCUT2D eigenvalue weighted by Gasteiger charge is 2.32. The first kappa shape index (κ1) is 9.60. The van der Waals surface area contributed by atoms with Crippen LogP contribution in [0, 0.1) is 11.8 Å². The lowest BCUT2D eigenvalue weighted by Gasteiger charge is -2.34. The number of halogens is 1. The summed E-state index contributed by atoms with van der Waals surface area (Å²) in [5.41, 5.74) is 1.58. The molecule has 72 valence electrons. The molecule has 0 aromatic heterocycles. The third-order valence-corrected chi connectivity index (χ3v) is 3.71. The van der Waals surface area contributed by atoms with Crippen molar-refractivity contribution in [3.05, 3.63) is 11.5 Å². The molecule has 0 saturated heterocycles. The smallest absolute Gasteiger partial charge is 0.319 e. The average Bonchev–Trinajstić information content (AvgIpc) is 2.16. The summed E-state index contributed by atoms with van der Waals surface area (Å²) in [6, 6.07) is 0. The highest BCUT2D eigenvalue weighted by molar-refractivity contribution is 6.58. The first-order chi connectivity index (χ1) is 6.31. The average molecular weight is 199 g/mol. The van der Waals surface area contributed by atoms with E-state index in [0.717, 1.165) is 17.7 Å². The van der Waals surface area contributed by atoms with Crippen molar-refractivity contribution in [2.75, 3.05) is 13.0 Å². The van der Waals surface area contributed by atoms with E-state index in [1.807, 2.05) is 7.11 Å². The van der Waals surface area contributed by atoms with Crippen molar-refractivity contribution < 1.29 is 4.65 Å². The Morgan fingerprint density at radius 3 is 3.08 bits per heavy atom. The fourth-order valence-corrected chi connectivity index (χ4v) is 2.96. The normalized spacial score (nSPS) is 33.1. The molecule has 13 heavy (non-hydrogen) atoms. The lowest BCUT2D eigenvalue weighted by molar-refractivity contribution is 0.334. The molecule has 0 aromatic carbocycles. The van der Waals surface area contributed by atoms with Crippen LogP contribution >= 0.6 is 11.6 Å². The molecule has 1 fully saturated rings. The van der Waals surface area contributed by atoms with Gasteiger partial charge in [0, 0.05) is 13.0 Å². The van der Waals surface area contributed by atoms with E-state index in [9.17, 15) is 0 Å². The summed E-state index contributed by atoms with van der Waals surface area (Å²) in [4.78, 5) is 0. The van der Waals surface area contributed by atoms with Crippen LogP contribution in [0.4, 0.5) is 0 Å². The van der Waals surface area contributed by atoms with E-state index in [1.54, 1.807) is 5.57 Å². The zero-order valence-corrected chi connectivity index (χ0v) is 8.89. The van der Waals surface area contributed by atoms with Crippen molar-refractivity contribution >= 4 is 18.5 Å². The van der Waals surface area contributed by atoms with Crippen LogP contribution in [0.1, 0.15) is 19.3 Å². The molecule has 1 nitrogen and oxygen atoms in total. The van der Waals surface area contributed by atoms with Gasteiger partial charge in [-0.05, 0) is 37.4 Å². The van der Waals surface area contributed by atoms with Crippen LogP contribution in [-0.2, 0) is 4.65 Å². The number of fused-ring (bicyclic) bond motifs is 2. The summed E-state index contributed by atoms with van der Waals surface area (Å²) in [5.74, 6) is 4.70. The zero-order valence-electron chi connectivity index (χ0n) is 8.13. The Labute approximate surface area is 85.6 Å². The lowest BCUT2D eigenvalue weighted by atomic mass is 9.52. The second-order valence-electron chi connectivity index (χ2n) is 4.37. The van der Waals surface area contributed by atoms with Gasteiger partial charge >= 0.3 is 6.92 Å². The second-order valence-corrected chi connectivity index (χ2v) is 4.67. The van der Waals surface area contributed by atoms with E-state index in [-0.39, 0.29) is 0 Å². The van der Waals surface area contributed by atoms with Gasteiger partial charge in [0.25, 0.3) is 0 Å². The molecule has 2 atom stereocenters. The predicted molar refractivity (Wildman–Crippen MR) is 57.2 cm³/mol. The van der Waals surface area contributed by atoms with Crippen LogP contribution in [0.15, 0.2) is 11.5 Å². The standard InChI is InChI=1S/C10H16BClO/c1-13-11-5-8-2-9(6-11)4-10(3-8)7-12/h5,9-10H,2-4,6-7H2,1H3. The fraction of sp³-hybridized carbons (Fsp3) is 0.800. The van der Waals surface area contributed by atoms with E-state index in [0.29, 0.717) is 6.92 Å². The molecule has 0 N–H and O–H groups in total. The number of alkyl halides is 1. The molecule has 3 heteroatoms. The van der Waals surface area contributed by atoms with Crippen molar-refractivity contribution in [2.45, 2.75) is 25.6 Å². The third kappa shape index (κ3) is 2.11. The molecule has 2 aliphatic rings. The molecule has 1 aliphatic heterocycles. The Hall–Kier alpha value is 0.0549. The topological polar surface area (TPSA) is 9.23 Å². The van der Waals surface area contributed by atoms with Gasteiger partial charge in [-0.3, -0.25) is 0 Å². The number of rotatable bonds is 2. The molecule has 2 rings (SSSR count). The molecule has 1 heterocycles. The van der Waals surface area contributed by atoms with Crippen molar-refractivity contribution in [3.63, 3.8) is 0 Å². The van der Waals surface area contributed by atoms with Gasteiger partial charge in [0.1, 0.15) is 0 Å². The predicted octanol–water partition coefficient (Wildman–Crippen LogP) is 2.76. The molecule has 0 amide bonds. The molecule has 0 radical (unpaired) electrons. The van der Waals surface area contributed by atoms with Gasteiger partial charge in [-0.25, -0.2) is 0 Å². The van der Waals surface area contributed by atoms with Crippen LogP contribution in [0.5, 0.6) is 0 Å². The number of allylic oxidation sites excluding steroid dienone is 1. The molecule has 1 aliphatic carbocycles. The molecule has 1 saturated carbocycles. The zero-order chi connectivity index (χ0) is 9.26. The van der Waals surface area contributed by atoms with Crippen LogP contribution in [0.25, 0.3) is 0 Å². The molecule has 0 spiro atoms. The van der Waals surface area contributed by atoms with Gasteiger partial charge in [0.05, 0.1) is 0 Å². The summed E-state index contributed by atoms with van der Waals surface area (Å²) < 4.78 is 5.39. The van der Waals surface area contributed by atoms with Gasteiger partial charge in [-0.15, -0.1) is 11.6 Å². The number of hydrogen-bond acceptors (Lipinski definition) is 1. The molecular formula is C10H16BClO. The van der Waals surface area contributed by atoms with Crippen LogP contribution in [0.3, 0.4) is 0 Å². The maximum Gasteiger partial charge on any atom is 0.319 e. The van der Waals surface area contributed by atoms with E-state index < -0.39 is 0 Å². The minimum Gasteiger partial charge on any atom is -0.434 e. The van der Waals surface area contributed by atoms with Crippen LogP contribution < -0.4 is 0 Å². The first-order valence-electron chi connectivity index (χ1n) is 5.10. The molecule has 2 bridgehead atoms. The Balaban J connectivity index is 2.06. The maximum atomic E-state index is 5.90. The van der Waals surface area contributed by atoms with E-state index >= 15 is 0 Å². The maximum absolute atomic E-state index is 5.90. The van der Waals surface area contributed by atoms with Crippen LogP contribution in [-0.4, -0.2) is 19.9 Å². The second kappa shape index (κ2) is 4.06. The Kier molecular flexibility index (Phi) is 3.00. The Morgan fingerprint density at radius 2 is 2.46 bits per heavy atom. The quantitative estimate of drug-likeness (QED) is 0.490. The van der Waals surface area contributed by atoms with Gasteiger partial charge in [-0.2, -0.15) is 0 Å². The Morgan fingerprint density at radius 1 is 1.62 bits per heavy atom. The van der Waals surface area contributed by atoms with Crippen molar-refractivity contribution in [2.24, 2.45) is 11.8 Å². The largest absolute Gasteiger partial charge is 0.434 e. The summed E-state index contributed by atoms with van der Waals surface area (Å²) in [5, 5.41) is 0. The monoisotopic (exact) mass is 198 g/mol. The lowest BCUT2D eigenvalue weighted by Crippen LogP contribution is -2.30. The molecule has 2 unspecified atom stereocenters.